The fourth-order valence-corrected chi connectivity index (χ4v) is 5.38. The molecule has 8 heteroatoms. The van der Waals surface area contributed by atoms with Crippen molar-refractivity contribution in [3.63, 3.8) is 0 Å². The number of amides is 1. The molecule has 1 aromatic heterocycles. The van der Waals surface area contributed by atoms with E-state index in [0.717, 1.165) is 69.3 Å². The van der Waals surface area contributed by atoms with Gasteiger partial charge in [0.05, 0.1) is 13.0 Å². The molecule has 2 aromatic rings. The lowest BCUT2D eigenvalue weighted by Gasteiger charge is -2.30. The van der Waals surface area contributed by atoms with Gasteiger partial charge in [0.2, 0.25) is 5.91 Å². The molecular formula is C27H37FN4O3. The van der Waals surface area contributed by atoms with Crippen LogP contribution in [0, 0.1) is 23.6 Å². The Morgan fingerprint density at radius 3 is 2.71 bits per heavy atom. The first-order valence-electron chi connectivity index (χ1n) is 13.3. The predicted molar refractivity (Wildman–Crippen MR) is 131 cm³/mol. The number of anilines is 1. The molecule has 1 aromatic carbocycles. The number of piperidine rings is 1. The van der Waals surface area contributed by atoms with Crippen molar-refractivity contribution in [2.24, 2.45) is 17.8 Å². The number of carbonyl (C=O) groups excluding carboxylic acids is 1. The lowest BCUT2D eigenvalue weighted by molar-refractivity contribution is -0.121. The summed E-state index contributed by atoms with van der Waals surface area (Å²) in [4.78, 5) is 18.8. The summed E-state index contributed by atoms with van der Waals surface area (Å²) in [5, 5.41) is 7.04. The van der Waals surface area contributed by atoms with Crippen molar-refractivity contribution in [2.75, 3.05) is 24.6 Å². The van der Waals surface area contributed by atoms with Gasteiger partial charge in [-0.1, -0.05) is 25.1 Å². The maximum atomic E-state index is 14.5. The van der Waals surface area contributed by atoms with Crippen LogP contribution in [0.25, 0.3) is 0 Å². The average Bonchev–Trinajstić information content (AvgIpc) is 3.40. The van der Waals surface area contributed by atoms with Crippen LogP contribution in [-0.2, 0) is 11.2 Å². The molecule has 1 amide bonds. The number of hydrogen-bond acceptors (Lipinski definition) is 6. The highest BCUT2D eigenvalue weighted by Crippen LogP contribution is 2.50. The van der Waals surface area contributed by atoms with Gasteiger partial charge in [0, 0.05) is 31.1 Å². The first kappa shape index (κ1) is 24.1. The zero-order chi connectivity index (χ0) is 24.4. The molecule has 5 rings (SSSR count). The van der Waals surface area contributed by atoms with E-state index in [-0.39, 0.29) is 30.1 Å². The fourth-order valence-electron chi connectivity index (χ4n) is 5.38. The van der Waals surface area contributed by atoms with Gasteiger partial charge in [-0.3, -0.25) is 4.79 Å². The largest absolute Gasteiger partial charge is 0.493 e. The standard InChI is InChI=1S/C27H37FN4O3/c1-17(2)26-30-27(35-31-26)32-11-8-18(9-12-32)23-14-19(23)10-13-34-22-7-6-20(24(28)16-22)15-25(33)29-21-4-3-5-21/h6-7,16-19,21,23H,3-5,8-15H2,1-2H3,(H,29,33). The van der Waals surface area contributed by atoms with Gasteiger partial charge in [-0.2, -0.15) is 4.98 Å². The molecule has 3 aliphatic rings. The molecule has 2 saturated carbocycles. The van der Waals surface area contributed by atoms with Crippen LogP contribution >= 0.6 is 0 Å². The topological polar surface area (TPSA) is 80.5 Å². The van der Waals surface area contributed by atoms with Gasteiger partial charge in [0.25, 0.3) is 0 Å². The van der Waals surface area contributed by atoms with E-state index in [1.54, 1.807) is 12.1 Å². The van der Waals surface area contributed by atoms with E-state index >= 15 is 0 Å². The number of halogens is 1. The Balaban J connectivity index is 1.01. The highest BCUT2D eigenvalue weighted by atomic mass is 19.1. The highest BCUT2D eigenvalue weighted by molar-refractivity contribution is 5.79. The van der Waals surface area contributed by atoms with Crippen molar-refractivity contribution in [3.8, 4) is 5.75 Å². The second-order valence-corrected chi connectivity index (χ2v) is 10.8. The van der Waals surface area contributed by atoms with Crippen molar-refractivity contribution < 1.29 is 18.4 Å². The van der Waals surface area contributed by atoms with Crippen LogP contribution in [-0.4, -0.2) is 41.8 Å². The van der Waals surface area contributed by atoms with Crippen molar-refractivity contribution in [3.05, 3.63) is 35.4 Å². The molecule has 2 heterocycles. The van der Waals surface area contributed by atoms with Gasteiger partial charge < -0.3 is 19.5 Å². The van der Waals surface area contributed by atoms with Crippen LogP contribution in [0.15, 0.2) is 22.7 Å². The lowest BCUT2D eigenvalue weighted by atomic mass is 9.90. The molecule has 2 unspecified atom stereocenters. The molecule has 0 bridgehead atoms. The van der Waals surface area contributed by atoms with Crippen LogP contribution in [0.2, 0.25) is 0 Å². The Bertz CT molecular complexity index is 1010. The minimum Gasteiger partial charge on any atom is -0.493 e. The minimum atomic E-state index is -0.371. The Morgan fingerprint density at radius 1 is 1.26 bits per heavy atom. The van der Waals surface area contributed by atoms with E-state index in [1.165, 1.54) is 12.5 Å². The summed E-state index contributed by atoms with van der Waals surface area (Å²) in [6.45, 7) is 6.67. The second kappa shape index (κ2) is 10.5. The van der Waals surface area contributed by atoms with E-state index in [0.29, 0.717) is 29.9 Å². The molecule has 3 fully saturated rings. The van der Waals surface area contributed by atoms with Gasteiger partial charge in [-0.05, 0) is 74.3 Å². The normalized spacial score (nSPS) is 22.8. The van der Waals surface area contributed by atoms with Crippen molar-refractivity contribution in [1.82, 2.24) is 15.5 Å². The first-order chi connectivity index (χ1) is 17.0. The van der Waals surface area contributed by atoms with Crippen molar-refractivity contribution >= 4 is 11.9 Å². The molecule has 2 aliphatic carbocycles. The molecular weight excluding hydrogens is 447 g/mol. The molecule has 35 heavy (non-hydrogen) atoms. The molecule has 2 atom stereocenters. The molecule has 190 valence electrons. The zero-order valence-electron chi connectivity index (χ0n) is 20.8. The minimum absolute atomic E-state index is 0.0799. The molecule has 0 spiro atoms. The number of benzene rings is 1. The summed E-state index contributed by atoms with van der Waals surface area (Å²) in [6.07, 6.45) is 7.87. The molecule has 1 aliphatic heterocycles. The molecule has 7 nitrogen and oxygen atoms in total. The van der Waals surface area contributed by atoms with E-state index < -0.39 is 0 Å². The molecule has 1 N–H and O–H groups in total. The highest BCUT2D eigenvalue weighted by Gasteiger charge is 2.43. The summed E-state index contributed by atoms with van der Waals surface area (Å²) in [5.74, 6) is 3.31. The van der Waals surface area contributed by atoms with E-state index in [1.807, 2.05) is 0 Å². The number of nitrogens with zero attached hydrogens (tertiary/aromatic N) is 3. The summed E-state index contributed by atoms with van der Waals surface area (Å²) < 4.78 is 25.8. The Labute approximate surface area is 206 Å². The monoisotopic (exact) mass is 484 g/mol. The quantitative estimate of drug-likeness (QED) is 0.519. The van der Waals surface area contributed by atoms with Gasteiger partial charge in [0.1, 0.15) is 11.6 Å². The van der Waals surface area contributed by atoms with Crippen LogP contribution in [0.5, 0.6) is 5.75 Å². The SMILES string of the molecule is CC(C)c1noc(N2CCC(C3CC3CCOc3ccc(CC(=O)NC4CCC4)c(F)c3)CC2)n1. The number of carbonyl (C=O) groups is 1. The van der Waals surface area contributed by atoms with Crippen LogP contribution in [0.1, 0.15) is 76.1 Å². The van der Waals surface area contributed by atoms with Crippen LogP contribution < -0.4 is 15.0 Å². The summed E-state index contributed by atoms with van der Waals surface area (Å²) in [6, 6.07) is 5.79. The van der Waals surface area contributed by atoms with Crippen LogP contribution in [0.3, 0.4) is 0 Å². The summed E-state index contributed by atoms with van der Waals surface area (Å²) >= 11 is 0. The smallest absolute Gasteiger partial charge is 0.324 e. The number of nitrogens with one attached hydrogen (secondary N) is 1. The first-order valence-corrected chi connectivity index (χ1v) is 13.3. The number of ether oxygens (including phenoxy) is 1. The second-order valence-electron chi connectivity index (χ2n) is 10.8. The Hall–Kier alpha value is -2.64. The Kier molecular flexibility index (Phi) is 7.25. The van der Waals surface area contributed by atoms with E-state index in [2.05, 4.69) is 34.2 Å². The van der Waals surface area contributed by atoms with Gasteiger partial charge >= 0.3 is 6.01 Å². The lowest BCUT2D eigenvalue weighted by Crippen LogP contribution is -2.40. The maximum Gasteiger partial charge on any atom is 0.324 e. The summed E-state index contributed by atoms with van der Waals surface area (Å²) in [7, 11) is 0. The predicted octanol–water partition coefficient (Wildman–Crippen LogP) is 4.86. The third-order valence-corrected chi connectivity index (χ3v) is 7.94. The number of rotatable bonds is 10. The third-order valence-electron chi connectivity index (χ3n) is 7.94. The van der Waals surface area contributed by atoms with Gasteiger partial charge in [0.15, 0.2) is 5.82 Å². The van der Waals surface area contributed by atoms with Gasteiger partial charge in [-0.15, -0.1) is 0 Å². The van der Waals surface area contributed by atoms with Crippen molar-refractivity contribution in [1.29, 1.82) is 0 Å². The van der Waals surface area contributed by atoms with Crippen LogP contribution in [0.4, 0.5) is 10.4 Å². The van der Waals surface area contributed by atoms with E-state index in [9.17, 15) is 9.18 Å². The average molecular weight is 485 g/mol. The van der Waals surface area contributed by atoms with E-state index in [4.69, 9.17) is 9.26 Å². The third kappa shape index (κ3) is 5.96. The number of aromatic nitrogens is 2. The fraction of sp³-hybridized carbons (Fsp3) is 0.667. The maximum absolute atomic E-state index is 14.5. The molecule has 0 radical (unpaired) electrons. The number of hydrogen-bond donors (Lipinski definition) is 1. The summed E-state index contributed by atoms with van der Waals surface area (Å²) in [5.41, 5.74) is 0.420. The van der Waals surface area contributed by atoms with Crippen molar-refractivity contribution in [2.45, 2.75) is 77.2 Å². The van der Waals surface area contributed by atoms with Gasteiger partial charge in [-0.25, -0.2) is 4.39 Å². The molecule has 1 saturated heterocycles. The zero-order valence-corrected chi connectivity index (χ0v) is 20.8. The Morgan fingerprint density at radius 2 is 2.06 bits per heavy atom.